The molecular weight excluding hydrogens is 209 g/mol. The summed E-state index contributed by atoms with van der Waals surface area (Å²) in [7, 11) is 0. The molecule has 1 atom stereocenters. The molecule has 0 spiro atoms. The Morgan fingerprint density at radius 3 is 3.00 bits per heavy atom. The number of hydrogen-bond acceptors (Lipinski definition) is 3. The van der Waals surface area contributed by atoms with Crippen LogP contribution in [0.15, 0.2) is 18.2 Å². The lowest BCUT2D eigenvalue weighted by Gasteiger charge is -2.22. The molecule has 16 heavy (non-hydrogen) atoms. The van der Waals surface area contributed by atoms with Crippen LogP contribution >= 0.6 is 0 Å². The molecule has 0 aromatic heterocycles. The minimum Gasteiger partial charge on any atom is -0.378 e. The standard InChI is InChI=1S/C12H14FNO2/c1-8-6-9(2-3-10(8)13)12(15)11-7-16-5-4-14-11/h2-3,6,11,14H,4-5,7H2,1H3. The molecule has 0 radical (unpaired) electrons. The number of morpholine rings is 1. The highest BCUT2D eigenvalue weighted by Gasteiger charge is 2.22. The minimum absolute atomic E-state index is 0.0391. The van der Waals surface area contributed by atoms with Crippen LogP contribution in [0.25, 0.3) is 0 Å². The number of carbonyl (C=O) groups excluding carboxylic acids is 1. The van der Waals surface area contributed by atoms with Gasteiger partial charge in [0.15, 0.2) is 5.78 Å². The summed E-state index contributed by atoms with van der Waals surface area (Å²) in [5.41, 5.74) is 1.02. The van der Waals surface area contributed by atoms with E-state index in [0.717, 1.165) is 0 Å². The molecule has 1 aliphatic rings. The number of rotatable bonds is 2. The molecule has 1 N–H and O–H groups in total. The first-order chi connectivity index (χ1) is 7.68. The molecule has 1 saturated heterocycles. The number of carbonyl (C=O) groups is 1. The van der Waals surface area contributed by atoms with Gasteiger partial charge in [0.25, 0.3) is 0 Å². The summed E-state index contributed by atoms with van der Waals surface area (Å²) in [5, 5.41) is 3.08. The van der Waals surface area contributed by atoms with Crippen LogP contribution in [0, 0.1) is 12.7 Å². The van der Waals surface area contributed by atoms with Gasteiger partial charge in [0.1, 0.15) is 5.82 Å². The lowest BCUT2D eigenvalue weighted by molar-refractivity contribution is 0.0607. The quantitative estimate of drug-likeness (QED) is 0.768. The van der Waals surface area contributed by atoms with Gasteiger partial charge < -0.3 is 10.1 Å². The van der Waals surface area contributed by atoms with Gasteiger partial charge in [-0.25, -0.2) is 4.39 Å². The van der Waals surface area contributed by atoms with E-state index in [9.17, 15) is 9.18 Å². The van der Waals surface area contributed by atoms with E-state index in [4.69, 9.17) is 4.74 Å². The smallest absolute Gasteiger partial charge is 0.182 e. The molecule has 2 rings (SSSR count). The Kier molecular flexibility index (Phi) is 3.31. The number of benzene rings is 1. The largest absolute Gasteiger partial charge is 0.378 e. The summed E-state index contributed by atoms with van der Waals surface area (Å²) in [6, 6.07) is 4.11. The Morgan fingerprint density at radius 1 is 1.56 bits per heavy atom. The van der Waals surface area contributed by atoms with Crippen LogP contribution in [-0.4, -0.2) is 31.6 Å². The zero-order chi connectivity index (χ0) is 11.5. The van der Waals surface area contributed by atoms with Crippen LogP contribution in [0.3, 0.4) is 0 Å². The van der Waals surface area contributed by atoms with Crippen LogP contribution in [0.5, 0.6) is 0 Å². The molecule has 0 amide bonds. The molecule has 1 aromatic carbocycles. The van der Waals surface area contributed by atoms with Crippen molar-refractivity contribution in [3.05, 3.63) is 35.1 Å². The zero-order valence-corrected chi connectivity index (χ0v) is 9.13. The lowest BCUT2D eigenvalue weighted by Crippen LogP contribution is -2.46. The Bertz CT molecular complexity index is 400. The molecule has 86 valence electrons. The molecule has 4 heteroatoms. The number of Topliss-reactive ketones (excluding diaryl/α,β-unsaturated/α-hetero) is 1. The van der Waals surface area contributed by atoms with E-state index in [2.05, 4.69) is 5.32 Å². The number of ether oxygens (including phenoxy) is 1. The predicted molar refractivity (Wildman–Crippen MR) is 58.1 cm³/mol. The Morgan fingerprint density at radius 2 is 2.38 bits per heavy atom. The number of hydrogen-bond donors (Lipinski definition) is 1. The Hall–Kier alpha value is -1.26. The van der Waals surface area contributed by atoms with Crippen molar-refractivity contribution in [2.24, 2.45) is 0 Å². The molecule has 0 bridgehead atoms. The highest BCUT2D eigenvalue weighted by Crippen LogP contribution is 2.12. The first kappa shape index (κ1) is 11.2. The SMILES string of the molecule is Cc1cc(C(=O)C2COCCN2)ccc1F. The summed E-state index contributed by atoms with van der Waals surface area (Å²) < 4.78 is 18.3. The van der Waals surface area contributed by atoms with Gasteiger partial charge in [-0.05, 0) is 30.7 Å². The van der Waals surface area contributed by atoms with Gasteiger partial charge in [-0.1, -0.05) is 0 Å². The maximum Gasteiger partial charge on any atom is 0.182 e. The van der Waals surface area contributed by atoms with Crippen molar-refractivity contribution in [2.45, 2.75) is 13.0 Å². The fourth-order valence-electron chi connectivity index (χ4n) is 1.73. The molecule has 3 nitrogen and oxygen atoms in total. The third kappa shape index (κ3) is 2.28. The maximum atomic E-state index is 13.1. The second kappa shape index (κ2) is 4.72. The van der Waals surface area contributed by atoms with Gasteiger partial charge in [-0.3, -0.25) is 4.79 Å². The first-order valence-corrected chi connectivity index (χ1v) is 5.30. The van der Waals surface area contributed by atoms with Gasteiger partial charge in [-0.15, -0.1) is 0 Å². The van der Waals surface area contributed by atoms with Gasteiger partial charge >= 0.3 is 0 Å². The van der Waals surface area contributed by atoms with E-state index in [-0.39, 0.29) is 17.6 Å². The number of halogens is 1. The Labute approximate surface area is 93.6 Å². The van der Waals surface area contributed by atoms with Crippen LogP contribution in [-0.2, 0) is 4.74 Å². The average Bonchev–Trinajstić information content (AvgIpc) is 2.33. The van der Waals surface area contributed by atoms with E-state index in [1.807, 2.05) is 0 Å². The molecule has 1 fully saturated rings. The highest BCUT2D eigenvalue weighted by molar-refractivity contribution is 6.00. The molecular formula is C12H14FNO2. The van der Waals surface area contributed by atoms with Crippen molar-refractivity contribution in [1.82, 2.24) is 5.32 Å². The fourth-order valence-corrected chi connectivity index (χ4v) is 1.73. The first-order valence-electron chi connectivity index (χ1n) is 5.30. The van der Waals surface area contributed by atoms with Gasteiger partial charge in [-0.2, -0.15) is 0 Å². The van der Waals surface area contributed by atoms with Crippen molar-refractivity contribution in [3.63, 3.8) is 0 Å². The normalized spacial score (nSPS) is 20.8. The average molecular weight is 223 g/mol. The predicted octanol–water partition coefficient (Wildman–Crippen LogP) is 1.31. The summed E-state index contributed by atoms with van der Waals surface area (Å²) in [5.74, 6) is -0.327. The second-order valence-corrected chi connectivity index (χ2v) is 3.91. The monoisotopic (exact) mass is 223 g/mol. The maximum absolute atomic E-state index is 13.1. The van der Waals surface area contributed by atoms with E-state index >= 15 is 0 Å². The molecule has 0 aliphatic carbocycles. The second-order valence-electron chi connectivity index (χ2n) is 3.91. The summed E-state index contributed by atoms with van der Waals surface area (Å²) in [4.78, 5) is 12.0. The topological polar surface area (TPSA) is 38.3 Å². The number of ketones is 1. The summed E-state index contributed by atoms with van der Waals surface area (Å²) in [6.45, 7) is 3.34. The lowest BCUT2D eigenvalue weighted by atomic mass is 10.0. The molecule has 0 saturated carbocycles. The molecule has 1 aliphatic heterocycles. The molecule has 1 heterocycles. The number of nitrogens with one attached hydrogen (secondary N) is 1. The van der Waals surface area contributed by atoms with E-state index < -0.39 is 0 Å². The zero-order valence-electron chi connectivity index (χ0n) is 9.13. The fraction of sp³-hybridized carbons (Fsp3) is 0.417. The van der Waals surface area contributed by atoms with Gasteiger partial charge in [0.2, 0.25) is 0 Å². The van der Waals surface area contributed by atoms with Crippen molar-refractivity contribution < 1.29 is 13.9 Å². The minimum atomic E-state index is -0.307. The van der Waals surface area contributed by atoms with E-state index in [1.165, 1.54) is 12.1 Å². The highest BCUT2D eigenvalue weighted by atomic mass is 19.1. The molecule has 1 aromatic rings. The summed E-state index contributed by atoms with van der Waals surface area (Å²) in [6.07, 6.45) is 0. The summed E-state index contributed by atoms with van der Waals surface area (Å²) >= 11 is 0. The van der Waals surface area contributed by atoms with Crippen molar-refractivity contribution in [2.75, 3.05) is 19.8 Å². The Balaban J connectivity index is 2.16. The molecule has 1 unspecified atom stereocenters. The third-order valence-corrected chi connectivity index (χ3v) is 2.68. The van der Waals surface area contributed by atoms with Gasteiger partial charge in [0.05, 0.1) is 19.3 Å². The van der Waals surface area contributed by atoms with E-state index in [1.54, 1.807) is 13.0 Å². The van der Waals surface area contributed by atoms with Crippen LogP contribution in [0.4, 0.5) is 4.39 Å². The van der Waals surface area contributed by atoms with E-state index in [0.29, 0.717) is 30.9 Å². The third-order valence-electron chi connectivity index (χ3n) is 2.68. The van der Waals surface area contributed by atoms with Crippen LogP contribution in [0.2, 0.25) is 0 Å². The van der Waals surface area contributed by atoms with Crippen LogP contribution in [0.1, 0.15) is 15.9 Å². The van der Waals surface area contributed by atoms with Gasteiger partial charge in [0, 0.05) is 12.1 Å². The van der Waals surface area contributed by atoms with Crippen LogP contribution < -0.4 is 5.32 Å². The van der Waals surface area contributed by atoms with Crippen molar-refractivity contribution >= 4 is 5.78 Å². The van der Waals surface area contributed by atoms with Crippen molar-refractivity contribution in [3.8, 4) is 0 Å². The number of aryl methyl sites for hydroxylation is 1. The van der Waals surface area contributed by atoms with Crippen molar-refractivity contribution in [1.29, 1.82) is 0 Å².